The number of likely N-dealkylation sites (tertiary alicyclic amines) is 2. The van der Waals surface area contributed by atoms with Gasteiger partial charge in [-0.2, -0.15) is 0 Å². The Hall–Kier alpha value is -3.58. The summed E-state index contributed by atoms with van der Waals surface area (Å²) in [6, 6.07) is 12.1. The average molecular weight is 843 g/mol. The maximum absolute atomic E-state index is 12.3. The van der Waals surface area contributed by atoms with Crippen molar-refractivity contribution in [2.24, 2.45) is 0 Å². The van der Waals surface area contributed by atoms with Crippen LogP contribution in [-0.2, 0) is 14.3 Å². The summed E-state index contributed by atoms with van der Waals surface area (Å²) in [4.78, 5) is 48.2. The SMILES string of the molecule is C.C.C.CC(C)(C)OC(=O)N1CCC[C@@H]1C(=O)CCl.CC(C)(C)OC(=O)N1CCC[C@@H]1c1cn2ccccc2n1.Cl.Cl.c1ccn2cc([C@H]3CCCN3)nc2c1. The monoisotopic (exact) mass is 841 g/mol. The summed E-state index contributed by atoms with van der Waals surface area (Å²) in [7, 11) is 0. The number of aromatic nitrogens is 4. The maximum Gasteiger partial charge on any atom is 0.410 e. The van der Waals surface area contributed by atoms with Crippen molar-refractivity contribution in [3.8, 4) is 0 Å². The molecular weight excluding hydrogens is 777 g/mol. The third kappa shape index (κ3) is 14.1. The van der Waals surface area contributed by atoms with Crippen molar-refractivity contribution in [1.29, 1.82) is 0 Å². The van der Waals surface area contributed by atoms with E-state index in [0.29, 0.717) is 19.0 Å². The zero-order valence-electron chi connectivity index (χ0n) is 31.5. The summed E-state index contributed by atoms with van der Waals surface area (Å²) in [5.74, 6) is -0.158. The third-order valence-corrected chi connectivity index (χ3v) is 9.05. The second-order valence-electron chi connectivity index (χ2n) is 15.2. The molecular formula is C41H66Cl3N7O5. The number of Topliss-reactive ketones (excluding diaryl/α,β-unsaturated/α-hetero) is 1. The smallest absolute Gasteiger partial charge is 0.410 e. The highest BCUT2D eigenvalue weighted by molar-refractivity contribution is 6.28. The third-order valence-electron chi connectivity index (χ3n) is 8.79. The Bertz CT molecular complexity index is 1730. The van der Waals surface area contributed by atoms with Gasteiger partial charge in [0.2, 0.25) is 0 Å². The van der Waals surface area contributed by atoms with Crippen molar-refractivity contribution in [3.63, 3.8) is 0 Å². The van der Waals surface area contributed by atoms with E-state index in [9.17, 15) is 14.4 Å². The molecule has 0 radical (unpaired) electrons. The number of pyridine rings is 2. The molecule has 7 heterocycles. The second-order valence-corrected chi connectivity index (χ2v) is 15.4. The molecule has 3 fully saturated rings. The van der Waals surface area contributed by atoms with Crippen LogP contribution in [0.5, 0.6) is 0 Å². The Morgan fingerprint density at radius 2 is 1.23 bits per heavy atom. The number of ether oxygens (including phenoxy) is 2. The number of imidazole rings is 2. The number of rotatable bonds is 4. The summed E-state index contributed by atoms with van der Waals surface area (Å²) in [5.41, 5.74) is 3.05. The Kier molecular flexibility index (Phi) is 21.5. The number of alkyl halides is 1. The summed E-state index contributed by atoms with van der Waals surface area (Å²) in [5, 5.41) is 3.46. The van der Waals surface area contributed by atoms with Gasteiger partial charge in [0.05, 0.1) is 35.4 Å². The molecule has 15 heteroatoms. The highest BCUT2D eigenvalue weighted by atomic mass is 35.5. The number of hydrogen-bond donors (Lipinski definition) is 1. The van der Waals surface area contributed by atoms with Crippen molar-refractivity contribution in [2.45, 2.75) is 132 Å². The summed E-state index contributed by atoms with van der Waals surface area (Å²) < 4.78 is 14.8. The number of nitrogens with zero attached hydrogens (tertiary/aromatic N) is 6. The molecule has 0 saturated carbocycles. The zero-order chi connectivity index (χ0) is 36.8. The Balaban J connectivity index is 0.000000791. The van der Waals surface area contributed by atoms with Gasteiger partial charge in [0.1, 0.15) is 22.5 Å². The molecule has 2 amide bonds. The normalized spacial score (nSPS) is 18.7. The molecule has 0 unspecified atom stereocenters. The van der Waals surface area contributed by atoms with Crippen LogP contribution in [0.25, 0.3) is 11.3 Å². The van der Waals surface area contributed by atoms with Crippen LogP contribution in [-0.4, -0.2) is 89.3 Å². The molecule has 7 rings (SSSR count). The van der Waals surface area contributed by atoms with E-state index in [0.717, 1.165) is 49.3 Å². The molecule has 3 aliphatic rings. The number of carbonyl (C=O) groups is 3. The summed E-state index contributed by atoms with van der Waals surface area (Å²) >= 11 is 5.51. The number of hydrogen-bond acceptors (Lipinski definition) is 8. The highest BCUT2D eigenvalue weighted by Gasteiger charge is 2.36. The van der Waals surface area contributed by atoms with Gasteiger partial charge in [-0.25, -0.2) is 19.6 Å². The molecule has 0 bridgehead atoms. The number of halogens is 3. The fourth-order valence-corrected chi connectivity index (χ4v) is 6.69. The fraction of sp³-hybridized carbons (Fsp3) is 0.585. The van der Waals surface area contributed by atoms with Crippen LogP contribution in [0.1, 0.15) is 126 Å². The first-order valence-corrected chi connectivity index (χ1v) is 18.4. The van der Waals surface area contributed by atoms with E-state index >= 15 is 0 Å². The second kappa shape index (κ2) is 23.0. The van der Waals surface area contributed by atoms with E-state index in [2.05, 4.69) is 25.9 Å². The molecule has 3 aliphatic heterocycles. The average Bonchev–Trinajstić information content (AvgIpc) is 3.92. The maximum atomic E-state index is 12.3. The summed E-state index contributed by atoms with van der Waals surface area (Å²) in [6.07, 6.45) is 13.4. The van der Waals surface area contributed by atoms with Gasteiger partial charge in [0.25, 0.3) is 0 Å². The zero-order valence-corrected chi connectivity index (χ0v) is 33.9. The predicted molar refractivity (Wildman–Crippen MR) is 232 cm³/mol. The lowest BCUT2D eigenvalue weighted by molar-refractivity contribution is -0.120. The Morgan fingerprint density at radius 1 is 0.732 bits per heavy atom. The summed E-state index contributed by atoms with van der Waals surface area (Å²) in [6.45, 7) is 13.5. The lowest BCUT2D eigenvalue weighted by Gasteiger charge is -2.27. The van der Waals surface area contributed by atoms with Crippen LogP contribution in [0, 0.1) is 0 Å². The number of carbonyl (C=O) groups excluding carboxylic acids is 3. The number of fused-ring (bicyclic) bond motifs is 2. The van der Waals surface area contributed by atoms with E-state index in [4.69, 9.17) is 21.1 Å². The van der Waals surface area contributed by atoms with Gasteiger partial charge < -0.3 is 23.6 Å². The van der Waals surface area contributed by atoms with E-state index in [1.807, 2.05) is 80.2 Å². The highest BCUT2D eigenvalue weighted by Crippen LogP contribution is 2.33. The lowest BCUT2D eigenvalue weighted by atomic mass is 10.1. The molecule has 4 aromatic rings. The van der Waals surface area contributed by atoms with Crippen molar-refractivity contribution in [1.82, 2.24) is 33.9 Å². The van der Waals surface area contributed by atoms with Crippen LogP contribution >= 0.6 is 36.4 Å². The molecule has 316 valence electrons. The molecule has 0 aromatic carbocycles. The van der Waals surface area contributed by atoms with E-state index < -0.39 is 23.3 Å². The van der Waals surface area contributed by atoms with E-state index in [1.165, 1.54) is 23.4 Å². The molecule has 0 spiro atoms. The quantitative estimate of drug-likeness (QED) is 0.202. The number of ketones is 1. The Morgan fingerprint density at radius 3 is 1.73 bits per heavy atom. The van der Waals surface area contributed by atoms with Gasteiger partial charge >= 0.3 is 12.2 Å². The van der Waals surface area contributed by atoms with Gasteiger partial charge in [0, 0.05) is 37.9 Å². The standard InChI is InChI=1S/C16H21N3O2.C11H18ClNO3.C11H13N3.3CH4.2ClH/c1-16(2,3)21-15(20)19-10-6-7-13(19)12-11-18-9-5-4-8-14(18)17-12;1-11(2,3)16-10(15)13-6-4-5-8(13)9(14)7-12;1-2-7-14-8-10(13-11(14)5-1)9-4-3-6-12-9;;;;;/h4-5,8-9,11,13H,6-7,10H2,1-3H3;8H,4-7H2,1-3H3;1-2,5,7-9,12H,3-4,6H2;3*1H4;2*1H/t13-;8-;9-;;;;;/m111...../s1. The minimum absolute atomic E-state index is 0. The van der Waals surface area contributed by atoms with Crippen molar-refractivity contribution >= 4 is 65.7 Å². The van der Waals surface area contributed by atoms with Crippen LogP contribution < -0.4 is 5.32 Å². The molecule has 0 aliphatic carbocycles. The van der Waals surface area contributed by atoms with Crippen molar-refractivity contribution in [2.75, 3.05) is 25.5 Å². The molecule has 1 N–H and O–H groups in total. The van der Waals surface area contributed by atoms with E-state index in [1.54, 1.807) is 25.7 Å². The van der Waals surface area contributed by atoms with Gasteiger partial charge in [-0.3, -0.25) is 14.6 Å². The van der Waals surface area contributed by atoms with Crippen LogP contribution in [0.15, 0.2) is 61.2 Å². The first-order valence-electron chi connectivity index (χ1n) is 17.9. The molecule has 4 aromatic heterocycles. The fourth-order valence-electron chi connectivity index (χ4n) is 6.52. The van der Waals surface area contributed by atoms with Gasteiger partial charge in [-0.1, -0.05) is 34.4 Å². The first-order chi connectivity index (χ1) is 24.2. The number of nitrogens with one attached hydrogen (secondary N) is 1. The molecule has 12 nitrogen and oxygen atoms in total. The van der Waals surface area contributed by atoms with Crippen molar-refractivity contribution in [3.05, 3.63) is 72.6 Å². The van der Waals surface area contributed by atoms with Gasteiger partial charge in [-0.15, -0.1) is 36.4 Å². The van der Waals surface area contributed by atoms with Gasteiger partial charge in [0.15, 0.2) is 5.78 Å². The minimum atomic E-state index is -0.533. The lowest BCUT2D eigenvalue weighted by Crippen LogP contribution is -2.43. The first kappa shape index (κ1) is 52.4. The van der Waals surface area contributed by atoms with Gasteiger partial charge in [-0.05, 0) is 111 Å². The number of amides is 2. The van der Waals surface area contributed by atoms with Crippen molar-refractivity contribution < 1.29 is 23.9 Å². The molecule has 56 heavy (non-hydrogen) atoms. The molecule has 3 atom stereocenters. The Labute approximate surface area is 351 Å². The largest absolute Gasteiger partial charge is 0.444 e. The van der Waals surface area contributed by atoms with Crippen LogP contribution in [0.2, 0.25) is 0 Å². The van der Waals surface area contributed by atoms with E-state index in [-0.39, 0.29) is 70.9 Å². The topological polar surface area (TPSA) is 123 Å². The predicted octanol–water partition coefficient (Wildman–Crippen LogP) is 10.1. The van der Waals surface area contributed by atoms with Crippen LogP contribution in [0.3, 0.4) is 0 Å². The molecule has 3 saturated heterocycles. The van der Waals surface area contributed by atoms with Crippen LogP contribution in [0.4, 0.5) is 9.59 Å². The minimum Gasteiger partial charge on any atom is -0.444 e.